The van der Waals surface area contributed by atoms with Crippen molar-refractivity contribution in [2.75, 3.05) is 18.5 Å². The third-order valence-corrected chi connectivity index (χ3v) is 3.98. The fraction of sp³-hybridized carbons (Fsp3) is 0.500. The molecule has 1 aliphatic rings. The van der Waals surface area contributed by atoms with Crippen LogP contribution in [0.15, 0.2) is 24.3 Å². The van der Waals surface area contributed by atoms with Crippen molar-refractivity contribution in [1.82, 2.24) is 0 Å². The van der Waals surface area contributed by atoms with Gasteiger partial charge in [-0.15, -0.1) is 0 Å². The average Bonchev–Trinajstić information content (AvgIpc) is 2.48. The zero-order chi connectivity index (χ0) is 15.1. The maximum absolute atomic E-state index is 11.8. The zero-order valence-electron chi connectivity index (χ0n) is 12.1. The monoisotopic (exact) mass is 306 g/mol. The summed E-state index contributed by atoms with van der Waals surface area (Å²) in [6.07, 6.45) is 6.34. The molecule has 1 amide bonds. The van der Waals surface area contributed by atoms with Crippen LogP contribution in [0.4, 0.5) is 5.69 Å². The first-order chi connectivity index (χ1) is 10.1. The number of nitrogens with one attached hydrogen (secondary N) is 1. The third-order valence-electron chi connectivity index (χ3n) is 3.74. The van der Waals surface area contributed by atoms with Crippen LogP contribution in [0, 0.1) is 5.92 Å². The highest BCUT2D eigenvalue weighted by molar-refractivity contribution is 7.80. The summed E-state index contributed by atoms with van der Waals surface area (Å²) in [5.74, 6) is 0.468. The molecule has 0 heterocycles. The topological polar surface area (TPSA) is 64.3 Å². The van der Waals surface area contributed by atoms with Crippen molar-refractivity contribution in [2.24, 2.45) is 11.7 Å². The van der Waals surface area contributed by atoms with Crippen LogP contribution in [-0.2, 0) is 9.53 Å². The summed E-state index contributed by atoms with van der Waals surface area (Å²) in [4.78, 5) is 12.2. The Hall–Kier alpha value is -1.46. The van der Waals surface area contributed by atoms with Gasteiger partial charge in [0.05, 0.1) is 6.61 Å². The fourth-order valence-electron chi connectivity index (χ4n) is 2.62. The van der Waals surface area contributed by atoms with E-state index in [2.05, 4.69) is 5.32 Å². The highest BCUT2D eigenvalue weighted by Gasteiger charge is 2.14. The lowest BCUT2D eigenvalue weighted by molar-refractivity contribution is -0.121. The van der Waals surface area contributed by atoms with Gasteiger partial charge >= 0.3 is 0 Å². The summed E-state index contributed by atoms with van der Waals surface area (Å²) in [5.41, 5.74) is 7.00. The quantitative estimate of drug-likeness (QED) is 0.793. The number of carbonyl (C=O) groups excluding carboxylic acids is 1. The van der Waals surface area contributed by atoms with Gasteiger partial charge in [-0.05, 0) is 30.9 Å². The van der Waals surface area contributed by atoms with Gasteiger partial charge in [0.1, 0.15) is 11.6 Å². The summed E-state index contributed by atoms with van der Waals surface area (Å²) in [5, 5.41) is 2.80. The molecule has 0 radical (unpaired) electrons. The second kappa shape index (κ2) is 8.10. The second-order valence-electron chi connectivity index (χ2n) is 5.51. The molecule has 5 heteroatoms. The standard InChI is InChI=1S/C16H22N2O2S/c17-16(21)13-7-4-8-14(9-13)18-15(19)11-20-10-12-5-2-1-3-6-12/h4,7-9,12H,1-3,5-6,10-11H2,(H2,17,21)(H,18,19). The molecule has 0 atom stereocenters. The number of thiocarbonyl (C=S) groups is 1. The molecular formula is C16H22N2O2S. The van der Waals surface area contributed by atoms with Crippen molar-refractivity contribution < 1.29 is 9.53 Å². The van der Waals surface area contributed by atoms with Crippen LogP contribution in [0.25, 0.3) is 0 Å². The highest BCUT2D eigenvalue weighted by atomic mass is 32.1. The van der Waals surface area contributed by atoms with Gasteiger partial charge in [-0.2, -0.15) is 0 Å². The molecule has 3 N–H and O–H groups in total. The smallest absolute Gasteiger partial charge is 0.250 e. The summed E-state index contributed by atoms with van der Waals surface area (Å²) in [6.45, 7) is 0.772. The molecule has 21 heavy (non-hydrogen) atoms. The highest BCUT2D eigenvalue weighted by Crippen LogP contribution is 2.23. The summed E-state index contributed by atoms with van der Waals surface area (Å²) >= 11 is 4.92. The number of amides is 1. The number of hydrogen-bond donors (Lipinski definition) is 2. The molecular weight excluding hydrogens is 284 g/mol. The van der Waals surface area contributed by atoms with Gasteiger partial charge in [0.25, 0.3) is 0 Å². The van der Waals surface area contributed by atoms with Gasteiger partial charge < -0.3 is 15.8 Å². The van der Waals surface area contributed by atoms with Gasteiger partial charge in [-0.1, -0.05) is 43.6 Å². The van der Waals surface area contributed by atoms with Crippen molar-refractivity contribution in [3.63, 3.8) is 0 Å². The number of benzene rings is 1. The Morgan fingerprint density at radius 2 is 2.10 bits per heavy atom. The molecule has 1 fully saturated rings. The Morgan fingerprint density at radius 3 is 2.81 bits per heavy atom. The molecule has 0 bridgehead atoms. The molecule has 0 spiro atoms. The first kappa shape index (κ1) is 15.9. The van der Waals surface area contributed by atoms with Gasteiger partial charge in [0.15, 0.2) is 0 Å². The summed E-state index contributed by atoms with van der Waals surface area (Å²) in [6, 6.07) is 7.20. The van der Waals surface area contributed by atoms with E-state index < -0.39 is 0 Å². The van der Waals surface area contributed by atoms with Crippen molar-refractivity contribution in [2.45, 2.75) is 32.1 Å². The van der Waals surface area contributed by atoms with Crippen LogP contribution in [0.2, 0.25) is 0 Å². The first-order valence-corrected chi connectivity index (χ1v) is 7.83. The van der Waals surface area contributed by atoms with Gasteiger partial charge in [0.2, 0.25) is 5.91 Å². The van der Waals surface area contributed by atoms with E-state index in [0.29, 0.717) is 23.2 Å². The number of nitrogens with two attached hydrogens (primary N) is 1. The van der Waals surface area contributed by atoms with E-state index >= 15 is 0 Å². The van der Waals surface area contributed by atoms with Crippen molar-refractivity contribution >= 4 is 28.8 Å². The van der Waals surface area contributed by atoms with Gasteiger partial charge in [0, 0.05) is 11.3 Å². The molecule has 1 aromatic rings. The Morgan fingerprint density at radius 1 is 1.33 bits per heavy atom. The molecule has 1 saturated carbocycles. The van der Waals surface area contributed by atoms with Crippen LogP contribution in [0.1, 0.15) is 37.7 Å². The molecule has 114 valence electrons. The van der Waals surface area contributed by atoms with Crippen molar-refractivity contribution in [3.05, 3.63) is 29.8 Å². The normalized spacial score (nSPS) is 15.6. The maximum Gasteiger partial charge on any atom is 0.250 e. The number of carbonyl (C=O) groups is 1. The second-order valence-corrected chi connectivity index (χ2v) is 5.95. The summed E-state index contributed by atoms with van der Waals surface area (Å²) in [7, 11) is 0. The van der Waals surface area contributed by atoms with E-state index in [0.717, 1.165) is 5.56 Å². The van der Waals surface area contributed by atoms with Crippen LogP contribution >= 0.6 is 12.2 Å². The van der Waals surface area contributed by atoms with Gasteiger partial charge in [-0.3, -0.25) is 4.79 Å². The molecule has 1 aliphatic carbocycles. The Kier molecular flexibility index (Phi) is 6.14. The van der Waals surface area contributed by atoms with Crippen LogP contribution in [0.5, 0.6) is 0 Å². The Labute approximate surface area is 131 Å². The maximum atomic E-state index is 11.8. The fourth-order valence-corrected chi connectivity index (χ4v) is 2.75. The SMILES string of the molecule is NC(=S)c1cccc(NC(=O)COCC2CCCCC2)c1. The molecule has 2 rings (SSSR count). The van der Waals surface area contributed by atoms with Crippen molar-refractivity contribution in [1.29, 1.82) is 0 Å². The van der Waals surface area contributed by atoms with Gasteiger partial charge in [-0.25, -0.2) is 0 Å². The zero-order valence-corrected chi connectivity index (χ0v) is 13.0. The molecule has 1 aromatic carbocycles. The van der Waals surface area contributed by atoms with Crippen LogP contribution in [-0.4, -0.2) is 24.1 Å². The first-order valence-electron chi connectivity index (χ1n) is 7.42. The van der Waals surface area contributed by atoms with E-state index in [1.807, 2.05) is 12.1 Å². The molecule has 4 nitrogen and oxygen atoms in total. The molecule has 0 unspecified atom stereocenters. The number of anilines is 1. The third kappa shape index (κ3) is 5.44. The Balaban J connectivity index is 1.73. The minimum absolute atomic E-state index is 0.0911. The predicted molar refractivity (Wildman–Crippen MR) is 88.4 cm³/mol. The van der Waals surface area contributed by atoms with Crippen molar-refractivity contribution in [3.8, 4) is 0 Å². The van der Waals surface area contributed by atoms with Crippen LogP contribution in [0.3, 0.4) is 0 Å². The summed E-state index contributed by atoms with van der Waals surface area (Å²) < 4.78 is 5.52. The number of hydrogen-bond acceptors (Lipinski definition) is 3. The lowest BCUT2D eigenvalue weighted by Crippen LogP contribution is -2.22. The Bertz CT molecular complexity index is 499. The van der Waals surface area contributed by atoms with E-state index in [1.165, 1.54) is 32.1 Å². The number of rotatable bonds is 6. The largest absolute Gasteiger partial charge is 0.389 e. The average molecular weight is 306 g/mol. The molecule has 0 saturated heterocycles. The van der Waals surface area contributed by atoms with E-state index in [4.69, 9.17) is 22.7 Å². The minimum Gasteiger partial charge on any atom is -0.389 e. The predicted octanol–water partition coefficient (Wildman–Crippen LogP) is 2.86. The van der Waals surface area contributed by atoms with E-state index in [9.17, 15) is 4.79 Å². The molecule has 0 aliphatic heterocycles. The molecule has 0 aromatic heterocycles. The van der Waals surface area contributed by atoms with Crippen LogP contribution < -0.4 is 11.1 Å². The lowest BCUT2D eigenvalue weighted by Gasteiger charge is -2.21. The van der Waals surface area contributed by atoms with E-state index in [1.54, 1.807) is 12.1 Å². The van der Waals surface area contributed by atoms with E-state index in [-0.39, 0.29) is 12.5 Å². The minimum atomic E-state index is -0.147. The lowest BCUT2D eigenvalue weighted by atomic mass is 9.90. The number of ether oxygens (including phenoxy) is 1.